The first-order chi connectivity index (χ1) is 10.8. The first-order valence-corrected chi connectivity index (χ1v) is 7.84. The molecule has 1 aliphatic heterocycles. The molecular weight excluding hydrogens is 280 g/mol. The molecule has 0 N–H and O–H groups in total. The number of hydrogen-bond acceptors (Lipinski definition) is 5. The van der Waals surface area contributed by atoms with Crippen molar-refractivity contribution in [1.29, 1.82) is 0 Å². The van der Waals surface area contributed by atoms with Crippen molar-refractivity contribution in [2.24, 2.45) is 0 Å². The highest BCUT2D eigenvalue weighted by molar-refractivity contribution is 5.94. The Morgan fingerprint density at radius 2 is 2.00 bits per heavy atom. The van der Waals surface area contributed by atoms with Gasteiger partial charge < -0.3 is 9.42 Å². The van der Waals surface area contributed by atoms with E-state index in [-0.39, 0.29) is 11.8 Å². The van der Waals surface area contributed by atoms with Gasteiger partial charge in [-0.2, -0.15) is 4.98 Å². The summed E-state index contributed by atoms with van der Waals surface area (Å²) in [5.41, 5.74) is 0.680. The number of likely N-dealkylation sites (tertiary alicyclic amines) is 1. The van der Waals surface area contributed by atoms with Crippen LogP contribution in [0, 0.1) is 0 Å². The van der Waals surface area contributed by atoms with Crippen LogP contribution in [0.15, 0.2) is 29.0 Å². The van der Waals surface area contributed by atoms with Crippen molar-refractivity contribution >= 4 is 5.91 Å². The molecule has 1 unspecified atom stereocenters. The lowest BCUT2D eigenvalue weighted by atomic mass is 9.97. The van der Waals surface area contributed by atoms with Crippen LogP contribution in [0.3, 0.4) is 0 Å². The van der Waals surface area contributed by atoms with E-state index in [1.165, 1.54) is 0 Å². The zero-order valence-electron chi connectivity index (χ0n) is 12.3. The van der Waals surface area contributed by atoms with Gasteiger partial charge in [-0.3, -0.25) is 9.78 Å². The molecule has 1 aliphatic carbocycles. The van der Waals surface area contributed by atoms with Crippen LogP contribution in [0.5, 0.6) is 0 Å². The first kappa shape index (κ1) is 13.4. The first-order valence-electron chi connectivity index (χ1n) is 7.84. The van der Waals surface area contributed by atoms with Gasteiger partial charge in [-0.1, -0.05) is 5.16 Å². The van der Waals surface area contributed by atoms with Crippen molar-refractivity contribution in [3.05, 3.63) is 41.8 Å². The molecule has 0 bridgehead atoms. The van der Waals surface area contributed by atoms with Crippen molar-refractivity contribution in [1.82, 2.24) is 20.0 Å². The largest absolute Gasteiger partial charge is 0.339 e. The molecular formula is C16H18N4O2. The van der Waals surface area contributed by atoms with E-state index in [2.05, 4.69) is 15.1 Å². The topological polar surface area (TPSA) is 72.1 Å². The Balaban J connectivity index is 1.48. The number of nitrogens with zero attached hydrogens (tertiary/aromatic N) is 4. The number of piperidine rings is 1. The van der Waals surface area contributed by atoms with E-state index in [0.29, 0.717) is 23.9 Å². The Kier molecular flexibility index (Phi) is 3.36. The average Bonchev–Trinajstić information content (AvgIpc) is 3.32. The third kappa shape index (κ3) is 2.61. The van der Waals surface area contributed by atoms with Gasteiger partial charge in [0.25, 0.3) is 5.91 Å². The maximum absolute atomic E-state index is 12.5. The molecule has 0 aromatic carbocycles. The van der Waals surface area contributed by atoms with Crippen LogP contribution in [-0.4, -0.2) is 39.0 Å². The van der Waals surface area contributed by atoms with E-state index in [1.54, 1.807) is 24.5 Å². The second-order valence-electron chi connectivity index (χ2n) is 6.09. The Morgan fingerprint density at radius 3 is 2.77 bits per heavy atom. The highest BCUT2D eigenvalue weighted by Crippen LogP contribution is 2.39. The van der Waals surface area contributed by atoms with Gasteiger partial charge in [-0.15, -0.1) is 0 Å². The number of pyridine rings is 1. The Morgan fingerprint density at radius 1 is 1.18 bits per heavy atom. The van der Waals surface area contributed by atoms with Crippen molar-refractivity contribution in [3.8, 4) is 0 Å². The number of aromatic nitrogens is 3. The average molecular weight is 298 g/mol. The fraction of sp³-hybridized carbons (Fsp3) is 0.500. The molecule has 1 atom stereocenters. The summed E-state index contributed by atoms with van der Waals surface area (Å²) in [6.45, 7) is 1.43. The molecule has 6 nitrogen and oxygen atoms in total. The molecule has 3 heterocycles. The lowest BCUT2D eigenvalue weighted by Gasteiger charge is -2.31. The maximum Gasteiger partial charge on any atom is 0.253 e. The normalized spacial score (nSPS) is 21.8. The highest BCUT2D eigenvalue weighted by Gasteiger charge is 2.32. The summed E-state index contributed by atoms with van der Waals surface area (Å²) < 4.78 is 5.43. The summed E-state index contributed by atoms with van der Waals surface area (Å²) in [6.07, 6.45) is 7.57. The minimum Gasteiger partial charge on any atom is -0.339 e. The number of carbonyl (C=O) groups is 1. The number of amides is 1. The van der Waals surface area contributed by atoms with E-state index in [1.807, 2.05) is 4.90 Å². The van der Waals surface area contributed by atoms with E-state index in [0.717, 1.165) is 38.1 Å². The third-order valence-electron chi connectivity index (χ3n) is 4.39. The Labute approximate surface area is 128 Å². The zero-order valence-corrected chi connectivity index (χ0v) is 12.3. The number of carbonyl (C=O) groups excluding carboxylic acids is 1. The van der Waals surface area contributed by atoms with Crippen LogP contribution in [0.25, 0.3) is 0 Å². The molecule has 4 rings (SSSR count). The van der Waals surface area contributed by atoms with Gasteiger partial charge in [-0.25, -0.2) is 0 Å². The molecule has 22 heavy (non-hydrogen) atoms. The molecule has 0 spiro atoms. The molecule has 114 valence electrons. The zero-order chi connectivity index (χ0) is 14.9. The number of rotatable bonds is 3. The van der Waals surface area contributed by atoms with Gasteiger partial charge in [0, 0.05) is 37.0 Å². The lowest BCUT2D eigenvalue weighted by Crippen LogP contribution is -2.39. The second kappa shape index (κ2) is 5.51. The Hall–Kier alpha value is -2.24. The fourth-order valence-corrected chi connectivity index (χ4v) is 2.96. The van der Waals surface area contributed by atoms with Crippen LogP contribution >= 0.6 is 0 Å². The van der Waals surface area contributed by atoms with Crippen LogP contribution in [-0.2, 0) is 0 Å². The molecule has 1 amide bonds. The smallest absolute Gasteiger partial charge is 0.253 e. The van der Waals surface area contributed by atoms with Gasteiger partial charge in [0.15, 0.2) is 5.82 Å². The lowest BCUT2D eigenvalue weighted by molar-refractivity contribution is 0.0695. The predicted octanol–water partition coefficient (Wildman–Crippen LogP) is 2.36. The molecule has 2 aromatic rings. The molecule has 1 saturated carbocycles. The van der Waals surface area contributed by atoms with Gasteiger partial charge in [-0.05, 0) is 37.8 Å². The summed E-state index contributed by atoms with van der Waals surface area (Å²) >= 11 is 0. The Bertz CT molecular complexity index is 666. The monoisotopic (exact) mass is 298 g/mol. The van der Waals surface area contributed by atoms with Gasteiger partial charge in [0.1, 0.15) is 0 Å². The predicted molar refractivity (Wildman–Crippen MR) is 78.4 cm³/mol. The molecule has 2 fully saturated rings. The molecule has 2 aromatic heterocycles. The SMILES string of the molecule is O=C(c1ccncc1)N1CCCC(c2nc(C3CC3)no2)C1. The second-order valence-corrected chi connectivity index (χ2v) is 6.09. The van der Waals surface area contributed by atoms with Crippen LogP contribution in [0.4, 0.5) is 0 Å². The summed E-state index contributed by atoms with van der Waals surface area (Å²) in [4.78, 5) is 22.9. The molecule has 2 aliphatic rings. The van der Waals surface area contributed by atoms with Gasteiger partial charge >= 0.3 is 0 Å². The van der Waals surface area contributed by atoms with E-state index in [9.17, 15) is 4.79 Å². The van der Waals surface area contributed by atoms with E-state index < -0.39 is 0 Å². The third-order valence-corrected chi connectivity index (χ3v) is 4.39. The van der Waals surface area contributed by atoms with Crippen molar-refractivity contribution in [2.75, 3.05) is 13.1 Å². The minimum atomic E-state index is 0.0500. The van der Waals surface area contributed by atoms with Crippen LogP contribution in [0.2, 0.25) is 0 Å². The van der Waals surface area contributed by atoms with Crippen molar-refractivity contribution in [3.63, 3.8) is 0 Å². The molecule has 0 radical (unpaired) electrons. The summed E-state index contributed by atoms with van der Waals surface area (Å²) in [5, 5.41) is 4.08. The summed E-state index contributed by atoms with van der Waals surface area (Å²) in [5.74, 6) is 2.23. The van der Waals surface area contributed by atoms with Crippen LogP contribution < -0.4 is 0 Å². The van der Waals surface area contributed by atoms with Gasteiger partial charge in [0.05, 0.1) is 5.92 Å². The molecule has 1 saturated heterocycles. The maximum atomic E-state index is 12.5. The minimum absolute atomic E-state index is 0.0500. The quantitative estimate of drug-likeness (QED) is 0.869. The fourth-order valence-electron chi connectivity index (χ4n) is 2.96. The highest BCUT2D eigenvalue weighted by atomic mass is 16.5. The summed E-state index contributed by atoms with van der Waals surface area (Å²) in [7, 11) is 0. The summed E-state index contributed by atoms with van der Waals surface area (Å²) in [6, 6.07) is 3.51. The van der Waals surface area contributed by atoms with Gasteiger partial charge in [0.2, 0.25) is 5.89 Å². The molecule has 6 heteroatoms. The van der Waals surface area contributed by atoms with E-state index in [4.69, 9.17) is 4.52 Å². The number of hydrogen-bond donors (Lipinski definition) is 0. The van der Waals surface area contributed by atoms with Crippen LogP contribution in [0.1, 0.15) is 59.6 Å². The van der Waals surface area contributed by atoms with E-state index >= 15 is 0 Å². The van der Waals surface area contributed by atoms with Crippen molar-refractivity contribution in [2.45, 2.75) is 37.5 Å². The standard InChI is InChI=1S/C16H18N4O2/c21-16(12-5-7-17-8-6-12)20-9-1-2-13(10-20)15-18-14(19-22-15)11-3-4-11/h5-8,11,13H,1-4,9-10H2. The van der Waals surface area contributed by atoms with Crippen molar-refractivity contribution < 1.29 is 9.32 Å².